The lowest BCUT2D eigenvalue weighted by Crippen LogP contribution is -2.33. The zero-order chi connectivity index (χ0) is 25.1. The molecule has 0 aliphatic carbocycles. The molecule has 34 heavy (non-hydrogen) atoms. The van der Waals surface area contributed by atoms with E-state index in [-0.39, 0.29) is 24.5 Å². The van der Waals surface area contributed by atoms with Crippen LogP contribution in [0.4, 0.5) is 5.69 Å². The van der Waals surface area contributed by atoms with E-state index in [0.717, 1.165) is 12.2 Å². The molecular weight excluding hydrogens is 450 g/mol. The third-order valence-electron chi connectivity index (χ3n) is 4.38. The first-order chi connectivity index (χ1) is 16.1. The molecule has 1 fully saturated rings. The van der Waals surface area contributed by atoms with Crippen molar-refractivity contribution in [3.05, 3.63) is 76.4 Å². The van der Waals surface area contributed by atoms with E-state index in [2.05, 4.69) is 4.74 Å². The molecule has 1 aliphatic rings. The first-order valence-electron chi connectivity index (χ1n) is 10.1. The van der Waals surface area contributed by atoms with Gasteiger partial charge in [-0.05, 0) is 38.1 Å². The van der Waals surface area contributed by atoms with Gasteiger partial charge in [-0.2, -0.15) is 0 Å². The molecule has 2 atom stereocenters. The number of allylic oxidation sites excluding steroid dienone is 2. The summed E-state index contributed by atoms with van der Waals surface area (Å²) in [4.78, 5) is 45.2. The van der Waals surface area contributed by atoms with Crippen molar-refractivity contribution >= 4 is 23.6 Å². The number of benzene rings is 1. The lowest BCUT2D eigenvalue weighted by Gasteiger charge is -2.22. The van der Waals surface area contributed by atoms with Crippen LogP contribution in [0.25, 0.3) is 0 Å². The number of ether oxygens (including phenoxy) is 5. The number of hydrogen-bond donors (Lipinski definition) is 0. The lowest BCUT2D eigenvalue weighted by atomic mass is 10.1. The van der Waals surface area contributed by atoms with E-state index in [1.54, 1.807) is 32.1 Å². The number of carbonyl (C=O) groups excluding carboxylic acids is 3. The minimum atomic E-state index is -0.849. The summed E-state index contributed by atoms with van der Waals surface area (Å²) in [5.74, 6) is -2.93. The molecule has 0 bridgehead atoms. The third kappa shape index (κ3) is 8.60. The smallest absolute Gasteiger partial charge is 0.338 e. The Kier molecular flexibility index (Phi) is 9.65. The fourth-order valence-electron chi connectivity index (χ4n) is 2.72. The molecule has 11 nitrogen and oxygen atoms in total. The average Bonchev–Trinajstić information content (AvgIpc) is 3.18. The van der Waals surface area contributed by atoms with Crippen LogP contribution in [0, 0.1) is 10.1 Å². The Labute approximate surface area is 195 Å². The number of nitrogens with zero attached hydrogens (tertiary/aromatic N) is 1. The Balaban J connectivity index is 1.98. The molecule has 1 heterocycles. The number of hydrogen-bond acceptors (Lipinski definition) is 10. The zero-order valence-electron chi connectivity index (χ0n) is 18.9. The summed E-state index contributed by atoms with van der Waals surface area (Å²) in [7, 11) is 1.19. The molecule has 2 rings (SSSR count). The van der Waals surface area contributed by atoms with Gasteiger partial charge in [0.05, 0.1) is 24.2 Å². The van der Waals surface area contributed by atoms with Crippen LogP contribution >= 0.6 is 0 Å². The predicted molar refractivity (Wildman–Crippen MR) is 118 cm³/mol. The SMILES string of the molecule is COC(=O)/C=C\C(=O)OC/C=C/C=C/[C@H](OC(=O)c1ccc([N+](=O)[O-])cc1)[C@@H]1COC(C)(C)O1. The fraction of sp³-hybridized carbons (Fsp3) is 0.348. The van der Waals surface area contributed by atoms with Crippen molar-refractivity contribution in [3.8, 4) is 0 Å². The van der Waals surface area contributed by atoms with Crippen LogP contribution in [0.15, 0.2) is 60.7 Å². The van der Waals surface area contributed by atoms with Gasteiger partial charge < -0.3 is 23.7 Å². The average molecular weight is 475 g/mol. The molecule has 1 aromatic carbocycles. The van der Waals surface area contributed by atoms with Crippen molar-refractivity contribution in [2.75, 3.05) is 20.3 Å². The van der Waals surface area contributed by atoms with E-state index in [4.69, 9.17) is 18.9 Å². The van der Waals surface area contributed by atoms with E-state index in [1.165, 1.54) is 37.5 Å². The van der Waals surface area contributed by atoms with Crippen LogP contribution < -0.4 is 0 Å². The van der Waals surface area contributed by atoms with E-state index in [9.17, 15) is 24.5 Å². The number of methoxy groups -OCH3 is 1. The topological polar surface area (TPSA) is 140 Å². The van der Waals surface area contributed by atoms with Gasteiger partial charge in [-0.25, -0.2) is 14.4 Å². The molecule has 1 aliphatic heterocycles. The highest BCUT2D eigenvalue weighted by Gasteiger charge is 2.38. The van der Waals surface area contributed by atoms with Gasteiger partial charge in [0.25, 0.3) is 5.69 Å². The Morgan fingerprint density at radius 3 is 2.44 bits per heavy atom. The molecule has 182 valence electrons. The Morgan fingerprint density at radius 2 is 1.85 bits per heavy atom. The summed E-state index contributed by atoms with van der Waals surface area (Å²) < 4.78 is 26.1. The highest BCUT2D eigenvalue weighted by atomic mass is 16.8. The molecule has 0 N–H and O–H groups in total. The summed E-state index contributed by atoms with van der Waals surface area (Å²) in [6, 6.07) is 5.04. The fourth-order valence-corrected chi connectivity index (χ4v) is 2.72. The molecule has 1 aromatic rings. The van der Waals surface area contributed by atoms with Gasteiger partial charge in [0.2, 0.25) is 0 Å². The molecule has 0 unspecified atom stereocenters. The number of carbonyl (C=O) groups is 3. The summed E-state index contributed by atoms with van der Waals surface area (Å²) in [6.07, 6.45) is 6.76. The van der Waals surface area contributed by atoms with E-state index < -0.39 is 40.8 Å². The van der Waals surface area contributed by atoms with Crippen LogP contribution in [0.3, 0.4) is 0 Å². The molecule has 0 amide bonds. The lowest BCUT2D eigenvalue weighted by molar-refractivity contribution is -0.384. The summed E-state index contributed by atoms with van der Waals surface area (Å²) >= 11 is 0. The Bertz CT molecular complexity index is 978. The zero-order valence-corrected chi connectivity index (χ0v) is 18.9. The second-order valence-electron chi connectivity index (χ2n) is 7.34. The van der Waals surface area contributed by atoms with Crippen molar-refractivity contribution in [2.45, 2.75) is 31.8 Å². The number of nitro benzene ring substituents is 1. The van der Waals surface area contributed by atoms with Gasteiger partial charge in [-0.3, -0.25) is 10.1 Å². The highest BCUT2D eigenvalue weighted by molar-refractivity contribution is 5.91. The van der Waals surface area contributed by atoms with E-state index in [1.807, 2.05) is 0 Å². The number of rotatable bonds is 10. The van der Waals surface area contributed by atoms with Gasteiger partial charge in [0.1, 0.15) is 18.8 Å². The second kappa shape index (κ2) is 12.4. The number of esters is 3. The van der Waals surface area contributed by atoms with Crippen LogP contribution in [0.2, 0.25) is 0 Å². The van der Waals surface area contributed by atoms with Gasteiger partial charge in [-0.1, -0.05) is 12.2 Å². The maximum absolute atomic E-state index is 12.6. The molecule has 0 spiro atoms. The third-order valence-corrected chi connectivity index (χ3v) is 4.38. The predicted octanol–water partition coefficient (Wildman–Crippen LogP) is 2.66. The van der Waals surface area contributed by atoms with Gasteiger partial charge >= 0.3 is 17.9 Å². The maximum Gasteiger partial charge on any atom is 0.338 e. The molecule has 0 aromatic heterocycles. The largest absolute Gasteiger partial charge is 0.466 e. The van der Waals surface area contributed by atoms with Crippen molar-refractivity contribution < 1.29 is 43.0 Å². The maximum atomic E-state index is 12.6. The monoisotopic (exact) mass is 475 g/mol. The normalized spacial score (nSPS) is 18.3. The van der Waals surface area contributed by atoms with Gasteiger partial charge in [0, 0.05) is 24.3 Å². The Hall–Kier alpha value is -3.83. The highest BCUT2D eigenvalue weighted by Crippen LogP contribution is 2.26. The standard InChI is InChI=1S/C23H25NO10/c1-23(2)32-15-19(34-23)18(33-22(27)16-8-10-17(11-9-16)24(28)29)7-5-4-6-14-31-21(26)13-12-20(25)30-3/h4-13,18-19H,14-15H2,1-3H3/b6-4+,7-5+,13-12-/t18-,19-/m0/s1. The first-order valence-corrected chi connectivity index (χ1v) is 10.1. The van der Waals surface area contributed by atoms with Crippen molar-refractivity contribution in [1.29, 1.82) is 0 Å². The Morgan fingerprint density at radius 1 is 1.18 bits per heavy atom. The summed E-state index contributed by atoms with van der Waals surface area (Å²) in [5.41, 5.74) is -0.00136. The molecule has 1 saturated heterocycles. The summed E-state index contributed by atoms with van der Waals surface area (Å²) in [5, 5.41) is 10.8. The number of non-ortho nitro benzene ring substituents is 1. The van der Waals surface area contributed by atoms with Crippen molar-refractivity contribution in [1.82, 2.24) is 0 Å². The minimum Gasteiger partial charge on any atom is -0.466 e. The van der Waals surface area contributed by atoms with Gasteiger partial charge in [-0.15, -0.1) is 0 Å². The molecule has 0 saturated carbocycles. The molecule has 0 radical (unpaired) electrons. The first kappa shape index (κ1) is 26.4. The van der Waals surface area contributed by atoms with Crippen molar-refractivity contribution in [3.63, 3.8) is 0 Å². The van der Waals surface area contributed by atoms with E-state index in [0.29, 0.717) is 0 Å². The minimum absolute atomic E-state index is 0.0575. The number of nitro groups is 1. The second-order valence-corrected chi connectivity index (χ2v) is 7.34. The van der Waals surface area contributed by atoms with Crippen LogP contribution in [0.5, 0.6) is 0 Å². The van der Waals surface area contributed by atoms with Gasteiger partial charge in [0.15, 0.2) is 5.79 Å². The van der Waals surface area contributed by atoms with Crippen LogP contribution in [-0.2, 0) is 33.3 Å². The quantitative estimate of drug-likeness (QED) is 0.124. The molecular formula is C23H25NO10. The van der Waals surface area contributed by atoms with Crippen LogP contribution in [0.1, 0.15) is 24.2 Å². The molecule has 11 heteroatoms. The van der Waals surface area contributed by atoms with E-state index >= 15 is 0 Å². The summed E-state index contributed by atoms with van der Waals surface area (Å²) in [6.45, 7) is 3.59. The van der Waals surface area contributed by atoms with Crippen LogP contribution in [-0.4, -0.2) is 61.1 Å². The van der Waals surface area contributed by atoms with Crippen molar-refractivity contribution in [2.24, 2.45) is 0 Å².